The van der Waals surface area contributed by atoms with Gasteiger partial charge in [-0.05, 0) is 42.5 Å². The summed E-state index contributed by atoms with van der Waals surface area (Å²) >= 11 is 1.88. The Hall–Kier alpha value is -5.20. The van der Waals surface area contributed by atoms with Crippen molar-refractivity contribution in [1.29, 1.82) is 0 Å². The average Bonchev–Trinajstić information content (AvgIpc) is 3.89. The van der Waals surface area contributed by atoms with Crippen molar-refractivity contribution in [2.45, 2.75) is 81.5 Å². The van der Waals surface area contributed by atoms with E-state index < -0.39 is 23.8 Å². The number of carbonyl (C=O) groups is 7. The minimum atomic E-state index is -0.862. The number of anilines is 1. The Morgan fingerprint density at radius 1 is 0.882 bits per heavy atom. The van der Waals surface area contributed by atoms with Crippen LogP contribution in [0, 0.1) is 0 Å². The SMILES string of the molecule is O=C(CCCC[C@@H]1SC[C@@H]2NC(=O)N[C@@H]21)NCCCCCC(=O)NCCNC(=O)Nc1c[n+](-c2ccc(C(=O)ON3C(=O)CCC3=O)cc2)no1. The largest absolute Gasteiger partial charge is 0.363 e. The summed E-state index contributed by atoms with van der Waals surface area (Å²) in [6.45, 7) is 0.985. The number of nitrogens with zero attached hydrogens (tertiary/aromatic N) is 3. The third-order valence-corrected chi connectivity index (χ3v) is 9.98. The van der Waals surface area contributed by atoms with Crippen LogP contribution < -0.4 is 36.6 Å². The molecule has 274 valence electrons. The van der Waals surface area contributed by atoms with Gasteiger partial charge < -0.3 is 31.4 Å². The quantitative estimate of drug-likeness (QED) is 0.0544. The van der Waals surface area contributed by atoms with Gasteiger partial charge in [0.2, 0.25) is 22.8 Å². The molecule has 0 aliphatic carbocycles. The maximum atomic E-state index is 12.3. The van der Waals surface area contributed by atoms with Crippen LogP contribution in [0.15, 0.2) is 35.0 Å². The standard InChI is InChI=1S/C32H41N9O9S/c42-24(8-4-3-6-23-29-22(19-51-23)36-32(48)38-29)33-15-5-1-2-7-25(43)34-16-17-35-31(47)37-26-18-40(39-49-26)21-11-9-20(10-12-21)30(46)50-41-27(44)13-14-28(41)45/h9-12,18,22-23,29H,1-8,13-17,19H2,(H5-,33,34,35,36,37,38,39,42,43,47,48)/p+1/t22-,23-,29-/m0/s1. The summed E-state index contributed by atoms with van der Waals surface area (Å²) in [4.78, 5) is 88.4. The number of fused-ring (bicyclic) bond motifs is 1. The zero-order valence-electron chi connectivity index (χ0n) is 27.9. The van der Waals surface area contributed by atoms with Crippen LogP contribution in [0.3, 0.4) is 0 Å². The minimum absolute atomic E-state index is 0.00294. The van der Waals surface area contributed by atoms with Crippen LogP contribution in [0.25, 0.3) is 5.69 Å². The second-order valence-electron chi connectivity index (χ2n) is 12.3. The van der Waals surface area contributed by atoms with E-state index in [1.54, 1.807) is 0 Å². The third-order valence-electron chi connectivity index (χ3n) is 8.47. The highest BCUT2D eigenvalue weighted by Gasteiger charge is 2.42. The number of urea groups is 2. The number of aromatic nitrogens is 2. The van der Waals surface area contributed by atoms with Gasteiger partial charge in [0, 0.05) is 68.5 Å². The molecule has 0 spiro atoms. The predicted octanol–water partition coefficient (Wildman–Crippen LogP) is 0.812. The Labute approximate surface area is 297 Å². The fourth-order valence-corrected chi connectivity index (χ4v) is 7.31. The van der Waals surface area contributed by atoms with Gasteiger partial charge in [0.15, 0.2) is 0 Å². The van der Waals surface area contributed by atoms with Crippen LogP contribution in [0.1, 0.15) is 74.6 Å². The van der Waals surface area contributed by atoms with Gasteiger partial charge in [0.05, 0.1) is 17.6 Å². The number of unbranched alkanes of at least 4 members (excludes halogenated alkanes) is 3. The van der Waals surface area contributed by atoms with Crippen LogP contribution >= 0.6 is 11.8 Å². The van der Waals surface area contributed by atoms with Gasteiger partial charge in [0.25, 0.3) is 18.0 Å². The summed E-state index contributed by atoms with van der Waals surface area (Å²) < 4.78 is 6.44. The van der Waals surface area contributed by atoms with Crippen molar-refractivity contribution in [3.05, 3.63) is 36.0 Å². The fraction of sp³-hybridized carbons (Fsp3) is 0.531. The second-order valence-corrected chi connectivity index (χ2v) is 13.5. The molecule has 1 aromatic heterocycles. The number of nitrogens with one attached hydrogen (secondary N) is 6. The van der Waals surface area contributed by atoms with E-state index in [0.29, 0.717) is 41.8 Å². The lowest BCUT2D eigenvalue weighted by Crippen LogP contribution is -2.37. The summed E-state index contributed by atoms with van der Waals surface area (Å²) in [7, 11) is 0. The van der Waals surface area contributed by atoms with Crippen LogP contribution in [-0.4, -0.2) is 94.7 Å². The van der Waals surface area contributed by atoms with Crippen LogP contribution in [-0.2, 0) is 24.0 Å². The number of rotatable bonds is 18. The molecule has 4 heterocycles. The lowest BCUT2D eigenvalue weighted by molar-refractivity contribution is -0.670. The van der Waals surface area contributed by atoms with Crippen molar-refractivity contribution in [2.24, 2.45) is 0 Å². The minimum Gasteiger partial charge on any atom is -0.356 e. The summed E-state index contributed by atoms with van der Waals surface area (Å²) in [6, 6.07) is 5.66. The molecular weight excluding hydrogens is 686 g/mol. The first-order valence-corrected chi connectivity index (χ1v) is 18.0. The van der Waals surface area contributed by atoms with Gasteiger partial charge in [-0.2, -0.15) is 11.8 Å². The molecule has 51 heavy (non-hydrogen) atoms. The van der Waals surface area contributed by atoms with Crippen LogP contribution in [0.4, 0.5) is 15.5 Å². The van der Waals surface area contributed by atoms with E-state index in [4.69, 9.17) is 9.36 Å². The molecule has 2 aromatic rings. The normalized spacial score (nSPS) is 19.3. The maximum absolute atomic E-state index is 12.3. The molecule has 0 unspecified atom stereocenters. The zero-order chi connectivity index (χ0) is 36.2. The summed E-state index contributed by atoms with van der Waals surface area (Å²) in [5.41, 5.74) is 0.598. The smallest absolute Gasteiger partial charge is 0.356 e. The number of hydrogen-bond acceptors (Lipinski definition) is 11. The van der Waals surface area contributed by atoms with E-state index in [0.717, 1.165) is 37.9 Å². The summed E-state index contributed by atoms with van der Waals surface area (Å²) in [6.07, 6.45) is 7.22. The van der Waals surface area contributed by atoms with Crippen molar-refractivity contribution in [3.63, 3.8) is 0 Å². The molecule has 5 rings (SSSR count). The number of carbonyl (C=O) groups excluding carboxylic acids is 7. The molecule has 1 aromatic carbocycles. The number of hydroxylamine groups is 2. The lowest BCUT2D eigenvalue weighted by atomic mass is 10.0. The topological polar surface area (TPSA) is 234 Å². The number of hydrogen-bond donors (Lipinski definition) is 6. The van der Waals surface area contributed by atoms with Crippen LogP contribution in [0.5, 0.6) is 0 Å². The third kappa shape index (κ3) is 10.9. The molecular formula is C32H42N9O9S+. The van der Waals surface area contributed by atoms with E-state index in [2.05, 4.69) is 37.2 Å². The van der Waals surface area contributed by atoms with Gasteiger partial charge >= 0.3 is 23.9 Å². The van der Waals surface area contributed by atoms with E-state index in [1.807, 2.05) is 11.8 Å². The van der Waals surface area contributed by atoms with Gasteiger partial charge in [0.1, 0.15) is 0 Å². The average molecular weight is 729 g/mol. The highest BCUT2D eigenvalue weighted by molar-refractivity contribution is 8.00. The van der Waals surface area contributed by atoms with Crippen molar-refractivity contribution in [1.82, 2.24) is 36.9 Å². The van der Waals surface area contributed by atoms with Gasteiger partial charge in [-0.3, -0.25) is 29.0 Å². The van der Waals surface area contributed by atoms with Crippen molar-refractivity contribution in [2.75, 3.05) is 30.7 Å². The fourth-order valence-electron chi connectivity index (χ4n) is 5.77. The zero-order valence-corrected chi connectivity index (χ0v) is 28.8. The Morgan fingerprint density at radius 3 is 2.31 bits per heavy atom. The number of thioether (sulfide) groups is 1. The molecule has 0 saturated carbocycles. The monoisotopic (exact) mass is 728 g/mol. The molecule has 18 nitrogen and oxygen atoms in total. The molecule has 3 aliphatic rings. The van der Waals surface area contributed by atoms with Crippen molar-refractivity contribution < 1.29 is 47.6 Å². The predicted molar refractivity (Wildman–Crippen MR) is 180 cm³/mol. The number of imide groups is 1. The first kappa shape index (κ1) is 37.1. The van der Waals surface area contributed by atoms with Gasteiger partial charge in [-0.25, -0.2) is 14.4 Å². The molecule has 0 radical (unpaired) electrons. The molecule has 19 heteroatoms. The Bertz CT molecular complexity index is 1590. The second kappa shape index (κ2) is 18.2. The molecule has 8 amide bonds. The summed E-state index contributed by atoms with van der Waals surface area (Å²) in [5.74, 6) is -1.13. The first-order valence-electron chi connectivity index (χ1n) is 17.0. The molecule has 3 fully saturated rings. The number of benzene rings is 1. The van der Waals surface area contributed by atoms with Gasteiger partial charge in [-0.1, -0.05) is 12.8 Å². The molecule has 3 atom stereocenters. The van der Waals surface area contributed by atoms with E-state index in [9.17, 15) is 33.6 Å². The highest BCUT2D eigenvalue weighted by Crippen LogP contribution is 2.33. The van der Waals surface area contributed by atoms with Gasteiger partial charge in [-0.15, -0.1) is 5.06 Å². The van der Waals surface area contributed by atoms with E-state index >= 15 is 0 Å². The molecule has 3 saturated heterocycles. The number of amides is 8. The van der Waals surface area contributed by atoms with Crippen LogP contribution in [0.2, 0.25) is 0 Å². The van der Waals surface area contributed by atoms with E-state index in [1.165, 1.54) is 35.1 Å². The summed E-state index contributed by atoms with van der Waals surface area (Å²) in [5, 5.41) is 21.4. The molecule has 6 N–H and O–H groups in total. The first-order chi connectivity index (χ1) is 24.7. The lowest BCUT2D eigenvalue weighted by Gasteiger charge is -2.16. The van der Waals surface area contributed by atoms with Crippen molar-refractivity contribution >= 4 is 59.3 Å². The van der Waals surface area contributed by atoms with E-state index in [-0.39, 0.29) is 67.3 Å². The molecule has 3 aliphatic heterocycles. The Kier molecular flexibility index (Phi) is 13.2. The highest BCUT2D eigenvalue weighted by atomic mass is 32.2. The van der Waals surface area contributed by atoms with Crippen molar-refractivity contribution in [3.8, 4) is 5.69 Å². The maximum Gasteiger partial charge on any atom is 0.363 e. The Balaban J connectivity index is 0.856. The Morgan fingerprint density at radius 2 is 1.57 bits per heavy atom. The molecule has 0 bridgehead atoms.